The summed E-state index contributed by atoms with van der Waals surface area (Å²) < 4.78 is 0. The van der Waals surface area contributed by atoms with Gasteiger partial charge in [-0.1, -0.05) is 85.6 Å². The van der Waals surface area contributed by atoms with E-state index in [4.69, 9.17) is 0 Å². The van der Waals surface area contributed by atoms with Crippen LogP contribution in [0.4, 0.5) is 0 Å². The number of hydrogen-bond acceptors (Lipinski definition) is 0. The fourth-order valence-electron chi connectivity index (χ4n) is 1.82. The van der Waals surface area contributed by atoms with Crippen molar-refractivity contribution in [2.75, 3.05) is 0 Å². The van der Waals surface area contributed by atoms with Gasteiger partial charge in [0.1, 0.15) is 0 Å². The van der Waals surface area contributed by atoms with Crippen LogP contribution in [0.5, 0.6) is 0 Å². The van der Waals surface area contributed by atoms with Gasteiger partial charge in [0.15, 0.2) is 0 Å². The van der Waals surface area contributed by atoms with E-state index < -0.39 is 0 Å². The van der Waals surface area contributed by atoms with Crippen molar-refractivity contribution in [3.05, 3.63) is 54.6 Å². The van der Waals surface area contributed by atoms with Crippen molar-refractivity contribution in [1.29, 1.82) is 0 Å². The zero-order valence-corrected chi connectivity index (χ0v) is 11.3. The Labute approximate surface area is 107 Å². The highest BCUT2D eigenvalue weighted by Crippen LogP contribution is 2.16. The third-order valence-corrected chi connectivity index (χ3v) is 4.20. The van der Waals surface area contributed by atoms with Crippen LogP contribution in [0.15, 0.2) is 54.6 Å². The van der Waals surface area contributed by atoms with E-state index >= 15 is 0 Å². The molecule has 0 heterocycles. The van der Waals surface area contributed by atoms with Crippen LogP contribution in [-0.2, 0) is 0 Å². The molecule has 0 aliphatic heterocycles. The number of unbranched alkanes of at least 4 members (excludes halogenated alkanes) is 1. The van der Waals surface area contributed by atoms with Crippen molar-refractivity contribution in [2.24, 2.45) is 0 Å². The normalized spacial score (nSPS) is 10.4. The third kappa shape index (κ3) is 3.57. The molecule has 17 heavy (non-hydrogen) atoms. The lowest BCUT2D eigenvalue weighted by Crippen LogP contribution is -2.12. The highest BCUT2D eigenvalue weighted by atomic mass is 28.2. The highest BCUT2D eigenvalue weighted by molar-refractivity contribution is 6.53. The number of rotatable bonds is 5. The summed E-state index contributed by atoms with van der Waals surface area (Å²) in [6, 6.07) is 20.9. The van der Waals surface area contributed by atoms with Gasteiger partial charge < -0.3 is 0 Å². The quantitative estimate of drug-likeness (QED) is 0.547. The predicted octanol–water partition coefficient (Wildman–Crippen LogP) is 3.90. The van der Waals surface area contributed by atoms with Crippen molar-refractivity contribution >= 4 is 14.7 Å². The molecule has 0 nitrogen and oxygen atoms in total. The third-order valence-electron chi connectivity index (χ3n) is 2.85. The summed E-state index contributed by atoms with van der Waals surface area (Å²) in [5, 5.41) is 1.48. The van der Waals surface area contributed by atoms with Crippen LogP contribution in [-0.4, -0.2) is 9.52 Å². The maximum absolute atomic E-state index is 2.27. The Bertz CT molecular complexity index is 431. The largest absolute Gasteiger partial charge is 0.0807 e. The van der Waals surface area contributed by atoms with E-state index in [9.17, 15) is 0 Å². The number of benzene rings is 2. The van der Waals surface area contributed by atoms with Gasteiger partial charge in [-0.3, -0.25) is 0 Å². The summed E-state index contributed by atoms with van der Waals surface area (Å²) >= 11 is 0. The molecule has 0 aliphatic carbocycles. The van der Waals surface area contributed by atoms with Gasteiger partial charge >= 0.3 is 0 Å². The van der Waals surface area contributed by atoms with Crippen LogP contribution in [0.2, 0.25) is 6.04 Å². The van der Waals surface area contributed by atoms with E-state index in [-0.39, 0.29) is 0 Å². The monoisotopic (exact) mass is 238 g/mol. The molecule has 86 valence electrons. The summed E-state index contributed by atoms with van der Waals surface area (Å²) in [6.45, 7) is 2.25. The zero-order valence-electron chi connectivity index (χ0n) is 10.3. The molecule has 0 N–H and O–H groups in total. The van der Waals surface area contributed by atoms with Crippen LogP contribution in [0, 0.1) is 0 Å². The summed E-state index contributed by atoms with van der Waals surface area (Å²) in [5.74, 6) is 0. The van der Waals surface area contributed by atoms with E-state index in [1.165, 1.54) is 35.2 Å². The van der Waals surface area contributed by atoms with Crippen molar-refractivity contribution in [3.8, 4) is 11.1 Å². The van der Waals surface area contributed by atoms with E-state index in [1.54, 1.807) is 0 Å². The lowest BCUT2D eigenvalue weighted by molar-refractivity contribution is 0.881. The van der Waals surface area contributed by atoms with Gasteiger partial charge in [-0.15, -0.1) is 0 Å². The lowest BCUT2D eigenvalue weighted by atomic mass is 10.1. The average Bonchev–Trinajstić information content (AvgIpc) is 2.41. The minimum atomic E-state index is 0.965. The van der Waals surface area contributed by atoms with E-state index in [0.717, 1.165) is 9.52 Å². The Morgan fingerprint density at radius 2 is 1.47 bits per heavy atom. The molecule has 2 aromatic carbocycles. The van der Waals surface area contributed by atoms with Crippen molar-refractivity contribution < 1.29 is 0 Å². The molecule has 0 saturated heterocycles. The first-order chi connectivity index (χ1) is 8.40. The van der Waals surface area contributed by atoms with Crippen LogP contribution in [0.25, 0.3) is 11.1 Å². The Balaban J connectivity index is 2.03. The second-order valence-corrected chi connectivity index (χ2v) is 5.65. The molecule has 0 fully saturated rings. The summed E-state index contributed by atoms with van der Waals surface area (Å²) in [6.07, 6.45) is 2.65. The van der Waals surface area contributed by atoms with Crippen LogP contribution < -0.4 is 5.19 Å². The molecular formula is C16H18Si. The molecular weight excluding hydrogens is 220 g/mol. The van der Waals surface area contributed by atoms with Gasteiger partial charge in [-0.2, -0.15) is 0 Å². The maximum atomic E-state index is 2.27. The van der Waals surface area contributed by atoms with Gasteiger partial charge in [-0.25, -0.2) is 0 Å². The van der Waals surface area contributed by atoms with Crippen molar-refractivity contribution in [1.82, 2.24) is 0 Å². The van der Waals surface area contributed by atoms with E-state index in [2.05, 4.69) is 61.5 Å². The standard InChI is InChI=1S/C16H18Si/c1-2-3-13-17-16-11-9-15(10-12-16)14-7-5-4-6-8-14/h4-12H,2-3,13H2,1H3. The van der Waals surface area contributed by atoms with E-state index in [1.807, 2.05) is 0 Å². The molecule has 0 bridgehead atoms. The zero-order chi connectivity index (χ0) is 11.9. The second-order valence-electron chi connectivity index (χ2n) is 4.22. The fourth-order valence-corrected chi connectivity index (χ4v) is 3.04. The predicted molar refractivity (Wildman–Crippen MR) is 77.0 cm³/mol. The minimum Gasteiger partial charge on any atom is -0.0654 e. The Hall–Kier alpha value is -1.34. The first-order valence-electron chi connectivity index (χ1n) is 6.29. The maximum Gasteiger partial charge on any atom is 0.0807 e. The van der Waals surface area contributed by atoms with Gasteiger partial charge in [0.2, 0.25) is 0 Å². The van der Waals surface area contributed by atoms with Crippen molar-refractivity contribution in [3.63, 3.8) is 0 Å². The molecule has 2 radical (unpaired) electrons. The average molecular weight is 238 g/mol. The Kier molecular flexibility index (Phi) is 4.57. The molecule has 2 aromatic rings. The molecule has 1 heteroatoms. The first-order valence-corrected chi connectivity index (χ1v) is 7.50. The highest BCUT2D eigenvalue weighted by Gasteiger charge is 1.98. The fraction of sp³-hybridized carbons (Fsp3) is 0.250. The van der Waals surface area contributed by atoms with Gasteiger partial charge in [0.05, 0.1) is 9.52 Å². The smallest absolute Gasteiger partial charge is 0.0654 e. The van der Waals surface area contributed by atoms with Crippen LogP contribution in [0.1, 0.15) is 19.8 Å². The second kappa shape index (κ2) is 6.41. The SMILES string of the molecule is CCCC[Si]c1ccc(-c2ccccc2)cc1. The topological polar surface area (TPSA) is 0 Å². The number of hydrogen-bond donors (Lipinski definition) is 0. The molecule has 0 atom stereocenters. The first kappa shape index (κ1) is 12.1. The van der Waals surface area contributed by atoms with Crippen molar-refractivity contribution in [2.45, 2.75) is 25.8 Å². The summed E-state index contributed by atoms with van der Waals surface area (Å²) in [4.78, 5) is 0. The summed E-state index contributed by atoms with van der Waals surface area (Å²) in [7, 11) is 0.965. The van der Waals surface area contributed by atoms with Crippen LogP contribution in [0.3, 0.4) is 0 Å². The van der Waals surface area contributed by atoms with Gasteiger partial charge in [-0.05, 0) is 11.1 Å². The van der Waals surface area contributed by atoms with E-state index in [0.29, 0.717) is 0 Å². The Morgan fingerprint density at radius 1 is 0.824 bits per heavy atom. The molecule has 2 rings (SSSR count). The molecule has 0 unspecified atom stereocenters. The van der Waals surface area contributed by atoms with Gasteiger partial charge in [0, 0.05) is 0 Å². The molecule has 0 aromatic heterocycles. The van der Waals surface area contributed by atoms with Crippen LogP contribution >= 0.6 is 0 Å². The minimum absolute atomic E-state index is 0.965. The molecule has 0 aliphatic rings. The lowest BCUT2D eigenvalue weighted by Gasteiger charge is -2.03. The molecule has 0 saturated carbocycles. The molecule has 0 amide bonds. The Morgan fingerprint density at radius 3 is 2.12 bits per heavy atom. The van der Waals surface area contributed by atoms with Gasteiger partial charge in [0.25, 0.3) is 0 Å². The summed E-state index contributed by atoms with van der Waals surface area (Å²) in [5.41, 5.74) is 2.62. The molecule has 0 spiro atoms.